The van der Waals surface area contributed by atoms with Crippen LogP contribution in [0.1, 0.15) is 40.5 Å². The van der Waals surface area contributed by atoms with Crippen molar-refractivity contribution in [3.63, 3.8) is 0 Å². The molecular formula is C31H44N8O5. The molecule has 13 heteroatoms. The zero-order valence-electron chi connectivity index (χ0n) is 26.4. The second kappa shape index (κ2) is 15.8. The van der Waals surface area contributed by atoms with Crippen molar-refractivity contribution in [1.29, 1.82) is 0 Å². The highest BCUT2D eigenvalue weighted by molar-refractivity contribution is 6.09. The minimum atomic E-state index is -0.429. The fourth-order valence-electron chi connectivity index (χ4n) is 5.79. The van der Waals surface area contributed by atoms with E-state index < -0.39 is 6.03 Å². The molecule has 3 aromatic rings. The highest BCUT2D eigenvalue weighted by atomic mass is 16.6. The minimum absolute atomic E-state index is 0.118. The van der Waals surface area contributed by atoms with Gasteiger partial charge in [0, 0.05) is 94.2 Å². The molecule has 1 atom stereocenters. The van der Waals surface area contributed by atoms with Crippen LogP contribution < -0.4 is 20.0 Å². The molecule has 1 aromatic heterocycles. The standard InChI is InChI=1S/C26H30N8O4.2C2H6.CH2O/c1-29-23-16-20(6-7-22(23)25(28-29)33-11-9-24(35)27-26(33)36)32-10-8-21(17-32)31-14-12-30(13-15-31)18-2-4-19(5-3-18)34(37)38;3*1-2/h2-7,16,21H,8-15,17H2,1H3,(H,27,35,36);2*1-2H3;1H2. The number of imide groups is 1. The van der Waals surface area contributed by atoms with Gasteiger partial charge in [0.2, 0.25) is 5.91 Å². The average Bonchev–Trinajstić information content (AvgIpc) is 3.69. The van der Waals surface area contributed by atoms with Crippen molar-refractivity contribution in [3.05, 3.63) is 52.6 Å². The smallest absolute Gasteiger partial charge is 0.329 e. The Hall–Kier alpha value is -4.52. The van der Waals surface area contributed by atoms with Crippen LogP contribution in [0.4, 0.5) is 27.7 Å². The Morgan fingerprint density at radius 1 is 0.886 bits per heavy atom. The summed E-state index contributed by atoms with van der Waals surface area (Å²) >= 11 is 0. The third-order valence-electron chi connectivity index (χ3n) is 7.91. The first kappa shape index (κ1) is 34.0. The van der Waals surface area contributed by atoms with E-state index in [1.54, 1.807) is 16.8 Å². The van der Waals surface area contributed by atoms with Crippen molar-refractivity contribution in [2.45, 2.75) is 46.6 Å². The van der Waals surface area contributed by atoms with E-state index in [-0.39, 0.29) is 22.9 Å². The first-order valence-electron chi connectivity index (χ1n) is 15.2. The SMILES string of the molecule is C=O.CC.CC.Cn1nc(N2CCC(=O)NC2=O)c2ccc(N3CCC(N4CCN(c5ccc([N+](=O)[O-])cc5)CC4)C3)cc21. The zero-order chi connectivity index (χ0) is 32.4. The average molecular weight is 609 g/mol. The molecule has 3 aliphatic rings. The fraction of sp³-hybridized carbons (Fsp3) is 0.484. The van der Waals surface area contributed by atoms with Gasteiger partial charge in [-0.25, -0.2) is 4.79 Å². The zero-order valence-corrected chi connectivity index (χ0v) is 26.4. The lowest BCUT2D eigenvalue weighted by Gasteiger charge is -2.39. The van der Waals surface area contributed by atoms with Crippen molar-refractivity contribution in [2.24, 2.45) is 7.05 Å². The van der Waals surface area contributed by atoms with Crippen LogP contribution >= 0.6 is 0 Å². The summed E-state index contributed by atoms with van der Waals surface area (Å²) in [6, 6.07) is 13.1. The van der Waals surface area contributed by atoms with E-state index in [1.165, 1.54) is 4.90 Å². The summed E-state index contributed by atoms with van der Waals surface area (Å²) in [5, 5.41) is 18.8. The van der Waals surface area contributed by atoms with Gasteiger partial charge in [0.25, 0.3) is 5.69 Å². The predicted octanol–water partition coefficient (Wildman–Crippen LogP) is 4.20. The second-order valence-corrected chi connectivity index (χ2v) is 10.1. The topological polar surface area (TPSA) is 137 Å². The summed E-state index contributed by atoms with van der Waals surface area (Å²) in [4.78, 5) is 51.3. The van der Waals surface area contributed by atoms with E-state index in [0.717, 1.165) is 68.0 Å². The van der Waals surface area contributed by atoms with Crippen LogP contribution in [0, 0.1) is 10.1 Å². The van der Waals surface area contributed by atoms with Crippen LogP contribution in [0.2, 0.25) is 0 Å². The molecule has 238 valence electrons. The maximum Gasteiger partial charge on any atom is 0.329 e. The predicted molar refractivity (Wildman–Crippen MR) is 174 cm³/mol. The molecule has 0 aliphatic carbocycles. The number of aromatic nitrogens is 2. The van der Waals surface area contributed by atoms with Gasteiger partial charge in [-0.2, -0.15) is 5.10 Å². The molecule has 3 fully saturated rings. The number of fused-ring (bicyclic) bond motifs is 1. The number of nitro benzene ring substituents is 1. The molecule has 44 heavy (non-hydrogen) atoms. The van der Waals surface area contributed by atoms with Crippen LogP contribution in [-0.2, 0) is 16.6 Å². The maximum absolute atomic E-state index is 12.4. The minimum Gasteiger partial charge on any atom is -0.370 e. The molecule has 0 radical (unpaired) electrons. The van der Waals surface area contributed by atoms with Crippen LogP contribution in [0.3, 0.4) is 0 Å². The third kappa shape index (κ3) is 7.33. The number of carbonyl (C=O) groups is 3. The summed E-state index contributed by atoms with van der Waals surface area (Å²) in [6.07, 6.45) is 1.35. The lowest BCUT2D eigenvalue weighted by atomic mass is 10.1. The van der Waals surface area contributed by atoms with Crippen LogP contribution in [0.25, 0.3) is 10.9 Å². The summed E-state index contributed by atoms with van der Waals surface area (Å²) < 4.78 is 1.79. The van der Waals surface area contributed by atoms with Gasteiger partial charge < -0.3 is 14.6 Å². The Labute approximate surface area is 258 Å². The Kier molecular flexibility index (Phi) is 12.2. The lowest BCUT2D eigenvalue weighted by Crippen LogP contribution is -2.51. The Bertz CT molecular complexity index is 1420. The molecule has 0 spiro atoms. The third-order valence-corrected chi connectivity index (χ3v) is 7.91. The first-order valence-corrected chi connectivity index (χ1v) is 15.2. The van der Waals surface area contributed by atoms with E-state index in [2.05, 4.69) is 37.2 Å². The number of benzene rings is 2. The van der Waals surface area contributed by atoms with Crippen LogP contribution in [0.15, 0.2) is 42.5 Å². The number of piperazine rings is 1. The molecule has 0 bridgehead atoms. The molecule has 6 rings (SSSR count). The summed E-state index contributed by atoms with van der Waals surface area (Å²) in [7, 11) is 1.87. The largest absolute Gasteiger partial charge is 0.370 e. The number of nitro groups is 1. The lowest BCUT2D eigenvalue weighted by molar-refractivity contribution is -0.384. The van der Waals surface area contributed by atoms with Gasteiger partial charge >= 0.3 is 6.03 Å². The van der Waals surface area contributed by atoms with Gasteiger partial charge in [-0.05, 0) is 36.8 Å². The van der Waals surface area contributed by atoms with Crippen molar-refractivity contribution in [2.75, 3.05) is 60.5 Å². The number of nitrogens with zero attached hydrogens (tertiary/aromatic N) is 7. The molecule has 1 N–H and O–H groups in total. The number of carbonyl (C=O) groups excluding carboxylic acids is 3. The monoisotopic (exact) mass is 608 g/mol. The molecule has 13 nitrogen and oxygen atoms in total. The molecule has 3 amide bonds. The van der Waals surface area contributed by atoms with E-state index in [0.29, 0.717) is 18.4 Å². The van der Waals surface area contributed by atoms with Gasteiger partial charge in [0.05, 0.1) is 10.4 Å². The maximum atomic E-state index is 12.4. The number of nitrogens with one attached hydrogen (secondary N) is 1. The van der Waals surface area contributed by atoms with Gasteiger partial charge in [0.1, 0.15) is 6.79 Å². The van der Waals surface area contributed by atoms with Crippen molar-refractivity contribution < 1.29 is 19.3 Å². The summed E-state index contributed by atoms with van der Waals surface area (Å²) in [6.45, 7) is 16.0. The molecule has 2 aromatic carbocycles. The normalized spacial score (nSPS) is 18.4. The molecule has 4 heterocycles. The molecule has 1 unspecified atom stereocenters. The van der Waals surface area contributed by atoms with Gasteiger partial charge in [-0.15, -0.1) is 0 Å². The molecule has 3 aliphatic heterocycles. The number of anilines is 3. The van der Waals surface area contributed by atoms with E-state index >= 15 is 0 Å². The van der Waals surface area contributed by atoms with E-state index in [1.807, 2.05) is 59.7 Å². The van der Waals surface area contributed by atoms with E-state index in [4.69, 9.17) is 4.79 Å². The quantitative estimate of drug-likeness (QED) is 0.334. The van der Waals surface area contributed by atoms with Crippen LogP contribution in [0.5, 0.6) is 0 Å². The fourth-order valence-corrected chi connectivity index (χ4v) is 5.79. The molecule has 3 saturated heterocycles. The highest BCUT2D eigenvalue weighted by Gasteiger charge is 2.32. The van der Waals surface area contributed by atoms with Crippen molar-refractivity contribution in [3.8, 4) is 0 Å². The molecule has 0 saturated carbocycles. The first-order chi connectivity index (χ1) is 21.4. The van der Waals surface area contributed by atoms with E-state index in [9.17, 15) is 19.7 Å². The summed E-state index contributed by atoms with van der Waals surface area (Å²) in [5.74, 6) is 0.314. The highest BCUT2D eigenvalue weighted by Crippen LogP contribution is 2.32. The number of amides is 3. The van der Waals surface area contributed by atoms with Gasteiger partial charge in [-0.1, -0.05) is 27.7 Å². The number of aryl methyl sites for hydroxylation is 1. The molecular weight excluding hydrogens is 564 g/mol. The van der Waals surface area contributed by atoms with Crippen molar-refractivity contribution >= 4 is 52.5 Å². The number of hydrogen-bond acceptors (Lipinski definition) is 9. The second-order valence-electron chi connectivity index (χ2n) is 10.1. The number of rotatable bonds is 5. The Balaban J connectivity index is 0.000000832. The van der Waals surface area contributed by atoms with Gasteiger partial charge in [0.15, 0.2) is 5.82 Å². The summed E-state index contributed by atoms with van der Waals surface area (Å²) in [5.41, 5.74) is 3.23. The number of hydrogen-bond donors (Lipinski definition) is 1. The Morgan fingerprint density at radius 2 is 1.52 bits per heavy atom. The Morgan fingerprint density at radius 3 is 2.14 bits per heavy atom. The van der Waals surface area contributed by atoms with Crippen molar-refractivity contribution in [1.82, 2.24) is 20.0 Å². The van der Waals surface area contributed by atoms with Crippen LogP contribution in [-0.4, -0.2) is 90.2 Å². The number of non-ortho nitro benzene ring substituents is 1. The number of urea groups is 1. The van der Waals surface area contributed by atoms with Gasteiger partial charge in [-0.3, -0.25) is 34.7 Å².